The molecule has 0 saturated heterocycles. The molecule has 0 aromatic heterocycles. The molecule has 0 aliphatic carbocycles. The molecule has 1 rings (SSSR count). The summed E-state index contributed by atoms with van der Waals surface area (Å²) in [7, 11) is 1.70. The van der Waals surface area contributed by atoms with Gasteiger partial charge in [0.1, 0.15) is 5.75 Å². The minimum atomic E-state index is -0.142. The predicted octanol–water partition coefficient (Wildman–Crippen LogP) is 3.91. The van der Waals surface area contributed by atoms with Crippen molar-refractivity contribution in [2.45, 2.75) is 19.8 Å². The van der Waals surface area contributed by atoms with E-state index in [0.29, 0.717) is 0 Å². The second-order valence-corrected chi connectivity index (χ2v) is 7.39. The van der Waals surface area contributed by atoms with Crippen molar-refractivity contribution in [1.29, 1.82) is 0 Å². The van der Waals surface area contributed by atoms with Crippen LogP contribution in [0.1, 0.15) is 19.8 Å². The average Bonchev–Trinajstić information content (AvgIpc) is 2.26. The van der Waals surface area contributed by atoms with Crippen LogP contribution in [-0.2, 0) is 0 Å². The van der Waals surface area contributed by atoms with Gasteiger partial charge < -0.3 is 4.74 Å². The smallest absolute Gasteiger partial charge is 0.118 e. The van der Waals surface area contributed by atoms with E-state index in [9.17, 15) is 0 Å². The first kappa shape index (κ1) is 12.0. The SMILES string of the molecule is CCCCP(Br)c1ccc(OC)cc1. The largest absolute Gasteiger partial charge is 0.497 e. The molecule has 0 amide bonds. The third kappa shape index (κ3) is 3.59. The maximum Gasteiger partial charge on any atom is 0.118 e. The van der Waals surface area contributed by atoms with Gasteiger partial charge in [0.25, 0.3) is 0 Å². The number of ether oxygens (including phenoxy) is 1. The number of halogens is 1. The number of hydrogen-bond donors (Lipinski definition) is 0. The minimum absolute atomic E-state index is 0.142. The highest BCUT2D eigenvalue weighted by Gasteiger charge is 2.05. The maximum atomic E-state index is 5.12. The second-order valence-electron chi connectivity index (χ2n) is 3.14. The Labute approximate surface area is 95.3 Å². The van der Waals surface area contributed by atoms with Gasteiger partial charge in [0.05, 0.1) is 7.11 Å². The van der Waals surface area contributed by atoms with Gasteiger partial charge in [0, 0.05) is 0 Å². The summed E-state index contributed by atoms with van der Waals surface area (Å²) in [4.78, 5) is 0. The average molecular weight is 275 g/mol. The van der Waals surface area contributed by atoms with E-state index in [-0.39, 0.29) is 6.62 Å². The van der Waals surface area contributed by atoms with Crippen LogP contribution >= 0.6 is 22.1 Å². The van der Waals surface area contributed by atoms with Gasteiger partial charge in [0.2, 0.25) is 0 Å². The van der Waals surface area contributed by atoms with Crippen molar-refractivity contribution in [1.82, 2.24) is 0 Å². The quantitative estimate of drug-likeness (QED) is 0.740. The van der Waals surface area contributed by atoms with Crippen LogP contribution in [-0.4, -0.2) is 13.3 Å². The van der Waals surface area contributed by atoms with E-state index in [1.165, 1.54) is 24.3 Å². The molecule has 0 radical (unpaired) electrons. The Morgan fingerprint density at radius 1 is 1.29 bits per heavy atom. The van der Waals surface area contributed by atoms with Crippen LogP contribution < -0.4 is 10.0 Å². The third-order valence-electron chi connectivity index (χ3n) is 2.06. The van der Waals surface area contributed by atoms with Crippen molar-refractivity contribution in [2.75, 3.05) is 13.3 Å². The molecule has 0 N–H and O–H groups in total. The van der Waals surface area contributed by atoms with Gasteiger partial charge >= 0.3 is 0 Å². The van der Waals surface area contributed by atoms with E-state index < -0.39 is 0 Å². The highest BCUT2D eigenvalue weighted by atomic mass is 79.9. The second kappa shape index (κ2) is 6.42. The van der Waals surface area contributed by atoms with Crippen LogP contribution in [0.3, 0.4) is 0 Å². The van der Waals surface area contributed by atoms with E-state index in [2.05, 4.69) is 34.5 Å². The maximum absolute atomic E-state index is 5.12. The number of rotatable bonds is 5. The van der Waals surface area contributed by atoms with Crippen LogP contribution in [0.25, 0.3) is 0 Å². The first-order valence-corrected chi connectivity index (χ1v) is 8.40. The normalized spacial score (nSPS) is 12.5. The first-order chi connectivity index (χ1) is 6.77. The fraction of sp³-hybridized carbons (Fsp3) is 0.455. The fourth-order valence-corrected chi connectivity index (χ4v) is 3.96. The lowest BCUT2D eigenvalue weighted by atomic mass is 10.3. The van der Waals surface area contributed by atoms with Crippen molar-refractivity contribution < 1.29 is 4.74 Å². The third-order valence-corrected chi connectivity index (χ3v) is 5.92. The minimum Gasteiger partial charge on any atom is -0.497 e. The van der Waals surface area contributed by atoms with Crippen LogP contribution in [0.4, 0.5) is 0 Å². The molecular formula is C11H16BrOP. The van der Waals surface area contributed by atoms with E-state index in [1.807, 2.05) is 12.1 Å². The lowest BCUT2D eigenvalue weighted by Crippen LogP contribution is -1.99. The first-order valence-electron chi connectivity index (χ1n) is 4.85. The molecule has 0 fully saturated rings. The number of hydrogen-bond acceptors (Lipinski definition) is 1. The molecule has 78 valence electrons. The van der Waals surface area contributed by atoms with Crippen molar-refractivity contribution in [3.8, 4) is 5.75 Å². The summed E-state index contributed by atoms with van der Waals surface area (Å²) in [5.74, 6) is 0.931. The molecule has 0 heterocycles. The lowest BCUT2D eigenvalue weighted by molar-refractivity contribution is 0.415. The summed E-state index contributed by atoms with van der Waals surface area (Å²) in [5, 5.41) is 1.40. The van der Waals surface area contributed by atoms with Crippen molar-refractivity contribution in [3.05, 3.63) is 24.3 Å². The van der Waals surface area contributed by atoms with Crippen molar-refractivity contribution in [2.24, 2.45) is 0 Å². The summed E-state index contributed by atoms with van der Waals surface area (Å²) in [6.45, 7) is 2.08. The van der Waals surface area contributed by atoms with E-state index in [0.717, 1.165) is 5.75 Å². The van der Waals surface area contributed by atoms with Crippen LogP contribution in [0.2, 0.25) is 0 Å². The van der Waals surface area contributed by atoms with Gasteiger partial charge in [-0.2, -0.15) is 0 Å². The van der Waals surface area contributed by atoms with Crippen molar-refractivity contribution in [3.63, 3.8) is 0 Å². The van der Waals surface area contributed by atoms with Gasteiger partial charge in [0.15, 0.2) is 0 Å². The molecular weight excluding hydrogens is 259 g/mol. The van der Waals surface area contributed by atoms with E-state index >= 15 is 0 Å². The molecule has 1 aromatic carbocycles. The van der Waals surface area contributed by atoms with Gasteiger partial charge in [-0.3, -0.25) is 0 Å². The molecule has 0 aliphatic rings. The zero-order chi connectivity index (χ0) is 10.4. The zero-order valence-corrected chi connectivity index (χ0v) is 11.1. The predicted molar refractivity (Wildman–Crippen MR) is 68.3 cm³/mol. The topological polar surface area (TPSA) is 9.23 Å². The van der Waals surface area contributed by atoms with Gasteiger partial charge in [-0.15, -0.1) is 0 Å². The van der Waals surface area contributed by atoms with E-state index in [1.54, 1.807) is 7.11 Å². The Balaban J connectivity index is 2.57. The molecule has 0 aliphatic heterocycles. The molecule has 1 nitrogen and oxygen atoms in total. The number of unbranched alkanes of at least 4 members (excludes halogenated alkanes) is 1. The number of benzene rings is 1. The van der Waals surface area contributed by atoms with E-state index in [4.69, 9.17) is 4.74 Å². The highest BCUT2D eigenvalue weighted by molar-refractivity contribution is 9.40. The molecule has 0 saturated carbocycles. The molecule has 1 aromatic rings. The monoisotopic (exact) mass is 274 g/mol. The standard InChI is InChI=1S/C11H16BrOP/c1-3-4-9-14(12)11-7-5-10(13-2)6-8-11/h5-8H,3-4,9H2,1-2H3. The highest BCUT2D eigenvalue weighted by Crippen LogP contribution is 2.43. The molecule has 3 heteroatoms. The van der Waals surface area contributed by atoms with Gasteiger partial charge in [-0.25, -0.2) is 0 Å². The Kier molecular flexibility index (Phi) is 5.50. The van der Waals surface area contributed by atoms with Gasteiger partial charge in [-0.05, 0) is 36.6 Å². The Morgan fingerprint density at radius 3 is 2.43 bits per heavy atom. The summed E-state index contributed by atoms with van der Waals surface area (Å²) in [6, 6.07) is 8.35. The summed E-state index contributed by atoms with van der Waals surface area (Å²) >= 11 is 3.76. The molecule has 14 heavy (non-hydrogen) atoms. The summed E-state index contributed by atoms with van der Waals surface area (Å²) in [5.41, 5.74) is 0. The molecule has 1 atom stereocenters. The van der Waals surface area contributed by atoms with Crippen LogP contribution in [0.5, 0.6) is 5.75 Å². The Bertz CT molecular complexity index is 260. The Morgan fingerprint density at radius 2 is 1.93 bits per heavy atom. The zero-order valence-electron chi connectivity index (χ0n) is 8.66. The summed E-state index contributed by atoms with van der Waals surface area (Å²) in [6.07, 6.45) is 3.82. The van der Waals surface area contributed by atoms with Gasteiger partial charge in [-0.1, -0.05) is 41.0 Å². The van der Waals surface area contributed by atoms with Crippen LogP contribution in [0, 0.1) is 0 Å². The molecule has 0 bridgehead atoms. The summed E-state index contributed by atoms with van der Waals surface area (Å²) < 4.78 is 5.12. The number of methoxy groups -OCH3 is 1. The Hall–Kier alpha value is -0.0700. The molecule has 1 unspecified atom stereocenters. The van der Waals surface area contributed by atoms with Crippen LogP contribution in [0.15, 0.2) is 24.3 Å². The fourth-order valence-electron chi connectivity index (χ4n) is 1.17. The lowest BCUT2D eigenvalue weighted by Gasteiger charge is -2.10. The van der Waals surface area contributed by atoms with Crippen molar-refractivity contribution >= 4 is 27.4 Å². The molecule has 0 spiro atoms.